The topological polar surface area (TPSA) is 29.3 Å². The number of anilines is 2. The van der Waals surface area contributed by atoms with Crippen LogP contribution in [0.4, 0.5) is 20.2 Å². The van der Waals surface area contributed by atoms with E-state index in [1.165, 1.54) is 0 Å². The monoisotopic (exact) mass is 290 g/mol. The van der Waals surface area contributed by atoms with Crippen molar-refractivity contribution in [3.05, 3.63) is 22.2 Å². The van der Waals surface area contributed by atoms with E-state index in [0.717, 1.165) is 25.3 Å². The summed E-state index contributed by atoms with van der Waals surface area (Å²) >= 11 is 3.04. The highest BCUT2D eigenvalue weighted by atomic mass is 79.9. The molecule has 2 nitrogen and oxygen atoms in total. The number of nitrogens with zero attached hydrogens (tertiary/aromatic N) is 1. The second-order valence-electron chi connectivity index (χ2n) is 3.97. The Bertz CT molecular complexity index is 403. The van der Waals surface area contributed by atoms with Crippen LogP contribution in [0.25, 0.3) is 0 Å². The van der Waals surface area contributed by atoms with Crippen LogP contribution in [0, 0.1) is 11.6 Å². The summed E-state index contributed by atoms with van der Waals surface area (Å²) in [6.45, 7) is 1.40. The van der Waals surface area contributed by atoms with Crippen LogP contribution < -0.4 is 10.6 Å². The standard InChI is InChI=1S/C11H13BrF2N2/c12-9-8(15)6-7(13)11(10(9)14)16-4-2-1-3-5-16/h6H,1-5,15H2. The zero-order valence-electron chi connectivity index (χ0n) is 8.77. The van der Waals surface area contributed by atoms with Crippen LogP contribution in [-0.2, 0) is 0 Å². The maximum Gasteiger partial charge on any atom is 0.165 e. The molecular formula is C11H13BrF2N2. The summed E-state index contributed by atoms with van der Waals surface area (Å²) in [4.78, 5) is 1.75. The molecule has 0 saturated carbocycles. The van der Waals surface area contributed by atoms with Gasteiger partial charge in [-0.25, -0.2) is 8.78 Å². The number of benzene rings is 1. The smallest absolute Gasteiger partial charge is 0.165 e. The molecule has 0 spiro atoms. The Balaban J connectivity index is 2.42. The maximum atomic E-state index is 13.9. The summed E-state index contributed by atoms with van der Waals surface area (Å²) in [5, 5.41) is 0. The number of nitrogens with two attached hydrogens (primary N) is 1. The third-order valence-electron chi connectivity index (χ3n) is 2.83. The van der Waals surface area contributed by atoms with Gasteiger partial charge in [-0.05, 0) is 35.2 Å². The normalized spacial score (nSPS) is 16.6. The summed E-state index contributed by atoms with van der Waals surface area (Å²) in [6, 6.07) is 1.16. The summed E-state index contributed by atoms with van der Waals surface area (Å²) in [5.74, 6) is -1.18. The van der Waals surface area contributed by atoms with E-state index >= 15 is 0 Å². The molecule has 16 heavy (non-hydrogen) atoms. The third kappa shape index (κ3) is 2.00. The molecule has 0 atom stereocenters. The minimum Gasteiger partial charge on any atom is -0.398 e. The molecule has 0 radical (unpaired) electrons. The van der Waals surface area contributed by atoms with Gasteiger partial charge in [-0.1, -0.05) is 0 Å². The molecule has 0 bridgehead atoms. The second kappa shape index (κ2) is 4.57. The first kappa shape index (κ1) is 11.6. The predicted octanol–water partition coefficient (Wildman–Crippen LogP) is 3.30. The first-order valence-electron chi connectivity index (χ1n) is 5.29. The largest absolute Gasteiger partial charge is 0.398 e. The van der Waals surface area contributed by atoms with E-state index < -0.39 is 11.6 Å². The lowest BCUT2D eigenvalue weighted by Crippen LogP contribution is -2.31. The zero-order valence-corrected chi connectivity index (χ0v) is 10.4. The lowest BCUT2D eigenvalue weighted by Gasteiger charge is -2.29. The van der Waals surface area contributed by atoms with Crippen LogP contribution in [0.5, 0.6) is 0 Å². The molecule has 0 amide bonds. The molecule has 2 rings (SSSR count). The molecule has 1 heterocycles. The number of hydrogen-bond donors (Lipinski definition) is 1. The quantitative estimate of drug-likeness (QED) is 0.635. The fraction of sp³-hybridized carbons (Fsp3) is 0.455. The molecule has 5 heteroatoms. The molecule has 1 fully saturated rings. The summed E-state index contributed by atoms with van der Waals surface area (Å²) in [5.41, 5.74) is 5.61. The van der Waals surface area contributed by atoms with Gasteiger partial charge in [-0.2, -0.15) is 0 Å². The molecule has 0 aliphatic carbocycles. The molecule has 1 saturated heterocycles. The molecule has 1 aliphatic rings. The van der Waals surface area contributed by atoms with Crippen molar-refractivity contribution in [3.8, 4) is 0 Å². The fourth-order valence-corrected chi connectivity index (χ4v) is 2.31. The van der Waals surface area contributed by atoms with Crippen molar-refractivity contribution in [1.29, 1.82) is 0 Å². The number of hydrogen-bond acceptors (Lipinski definition) is 2. The Morgan fingerprint density at radius 2 is 1.81 bits per heavy atom. The predicted molar refractivity (Wildman–Crippen MR) is 64.5 cm³/mol. The van der Waals surface area contributed by atoms with Crippen LogP contribution in [0.2, 0.25) is 0 Å². The fourth-order valence-electron chi connectivity index (χ4n) is 2.01. The molecule has 88 valence electrons. The Kier molecular flexibility index (Phi) is 3.33. The molecule has 0 unspecified atom stereocenters. The van der Waals surface area contributed by atoms with E-state index in [0.29, 0.717) is 13.1 Å². The van der Waals surface area contributed by atoms with Crippen molar-refractivity contribution in [2.24, 2.45) is 0 Å². The highest BCUT2D eigenvalue weighted by Gasteiger charge is 2.22. The van der Waals surface area contributed by atoms with E-state index in [-0.39, 0.29) is 15.8 Å². The molecule has 1 aromatic carbocycles. The molecular weight excluding hydrogens is 278 g/mol. The minimum absolute atomic E-state index is 0.0424. The number of rotatable bonds is 1. The first-order chi connectivity index (χ1) is 7.61. The van der Waals surface area contributed by atoms with Crippen LogP contribution in [0.15, 0.2) is 10.5 Å². The number of piperidine rings is 1. The van der Waals surface area contributed by atoms with E-state index in [4.69, 9.17) is 5.73 Å². The van der Waals surface area contributed by atoms with Gasteiger partial charge in [-0.3, -0.25) is 0 Å². The van der Waals surface area contributed by atoms with E-state index in [1.54, 1.807) is 4.90 Å². The van der Waals surface area contributed by atoms with E-state index in [1.807, 2.05) is 0 Å². The lowest BCUT2D eigenvalue weighted by atomic mass is 10.1. The van der Waals surface area contributed by atoms with Crippen LogP contribution in [0.3, 0.4) is 0 Å². The Hall–Kier alpha value is -0.840. The SMILES string of the molecule is Nc1cc(F)c(N2CCCCC2)c(F)c1Br. The van der Waals surface area contributed by atoms with E-state index in [2.05, 4.69) is 15.9 Å². The minimum atomic E-state index is -0.598. The van der Waals surface area contributed by atoms with Gasteiger partial charge < -0.3 is 10.6 Å². The van der Waals surface area contributed by atoms with Gasteiger partial charge in [0.1, 0.15) is 5.69 Å². The average Bonchev–Trinajstić information content (AvgIpc) is 2.28. The van der Waals surface area contributed by atoms with Gasteiger partial charge in [0.15, 0.2) is 11.6 Å². The first-order valence-corrected chi connectivity index (χ1v) is 6.08. The molecule has 1 aliphatic heterocycles. The highest BCUT2D eigenvalue weighted by molar-refractivity contribution is 9.10. The lowest BCUT2D eigenvalue weighted by molar-refractivity contribution is 0.529. The number of nitrogen functional groups attached to an aromatic ring is 1. The summed E-state index contributed by atoms with van der Waals surface area (Å²) in [6.07, 6.45) is 3.07. The van der Waals surface area contributed by atoms with Crippen molar-refractivity contribution < 1.29 is 8.78 Å². The van der Waals surface area contributed by atoms with Crippen molar-refractivity contribution in [1.82, 2.24) is 0 Å². The van der Waals surface area contributed by atoms with Gasteiger partial charge in [0.25, 0.3) is 0 Å². The van der Waals surface area contributed by atoms with Crippen molar-refractivity contribution >= 4 is 27.3 Å². The summed E-state index contributed by atoms with van der Waals surface area (Å²) < 4.78 is 27.7. The van der Waals surface area contributed by atoms with Crippen molar-refractivity contribution in [2.45, 2.75) is 19.3 Å². The second-order valence-corrected chi connectivity index (χ2v) is 4.76. The molecule has 0 aromatic heterocycles. The van der Waals surface area contributed by atoms with Crippen LogP contribution in [0.1, 0.15) is 19.3 Å². The van der Waals surface area contributed by atoms with Gasteiger partial charge in [0.2, 0.25) is 0 Å². The Morgan fingerprint density at radius 1 is 1.19 bits per heavy atom. The number of halogens is 3. The average molecular weight is 291 g/mol. The van der Waals surface area contributed by atoms with Crippen LogP contribution in [-0.4, -0.2) is 13.1 Å². The zero-order chi connectivity index (χ0) is 11.7. The van der Waals surface area contributed by atoms with Gasteiger partial charge >= 0.3 is 0 Å². The maximum absolute atomic E-state index is 13.9. The van der Waals surface area contributed by atoms with Gasteiger partial charge in [0, 0.05) is 19.2 Å². The van der Waals surface area contributed by atoms with Crippen LogP contribution >= 0.6 is 15.9 Å². The summed E-state index contributed by atoms with van der Waals surface area (Å²) in [7, 11) is 0. The molecule has 2 N–H and O–H groups in total. The van der Waals surface area contributed by atoms with Crippen molar-refractivity contribution in [2.75, 3.05) is 23.7 Å². The highest BCUT2D eigenvalue weighted by Crippen LogP contribution is 2.34. The van der Waals surface area contributed by atoms with Crippen molar-refractivity contribution in [3.63, 3.8) is 0 Å². The third-order valence-corrected chi connectivity index (χ3v) is 3.64. The Labute approximate surface area is 102 Å². The van der Waals surface area contributed by atoms with Gasteiger partial charge in [0.05, 0.1) is 10.2 Å². The van der Waals surface area contributed by atoms with Gasteiger partial charge in [-0.15, -0.1) is 0 Å². The van der Waals surface area contributed by atoms with E-state index in [9.17, 15) is 8.78 Å². The molecule has 1 aromatic rings. The Morgan fingerprint density at radius 3 is 2.44 bits per heavy atom.